The molecule has 1 aromatic carbocycles. The molecule has 2 aromatic rings. The standard InChI is InChI=1S/C14H14ClN3O3/c1-2-21-14(20)10-7-16-18(8-10)9-13(19)17-12-5-3-11(15)4-6-12/h3-8H,2,9H2,1H3,(H,17,19). The number of carbonyl (C=O) groups excluding carboxylic acids is 2. The number of nitrogens with one attached hydrogen (secondary N) is 1. The highest BCUT2D eigenvalue weighted by atomic mass is 35.5. The predicted octanol–water partition coefficient (Wildman–Crippen LogP) is 2.35. The molecule has 110 valence electrons. The van der Waals surface area contributed by atoms with Crippen LogP contribution < -0.4 is 5.32 Å². The number of hydrogen-bond acceptors (Lipinski definition) is 4. The first kappa shape index (κ1) is 15.1. The number of ether oxygens (including phenoxy) is 1. The Morgan fingerprint density at radius 1 is 1.33 bits per heavy atom. The minimum absolute atomic E-state index is 0.00202. The van der Waals surface area contributed by atoms with Crippen LogP contribution >= 0.6 is 11.6 Å². The Hall–Kier alpha value is -2.34. The lowest BCUT2D eigenvalue weighted by Gasteiger charge is -2.05. The van der Waals surface area contributed by atoms with Gasteiger partial charge in [0.05, 0.1) is 18.4 Å². The second-order valence-electron chi connectivity index (χ2n) is 4.20. The van der Waals surface area contributed by atoms with Crippen molar-refractivity contribution >= 4 is 29.2 Å². The van der Waals surface area contributed by atoms with Gasteiger partial charge in [-0.25, -0.2) is 4.79 Å². The van der Waals surface area contributed by atoms with Crippen molar-refractivity contribution in [3.63, 3.8) is 0 Å². The van der Waals surface area contributed by atoms with Crippen molar-refractivity contribution in [1.29, 1.82) is 0 Å². The van der Waals surface area contributed by atoms with Crippen molar-refractivity contribution in [3.05, 3.63) is 47.2 Å². The van der Waals surface area contributed by atoms with Gasteiger partial charge < -0.3 is 10.1 Å². The summed E-state index contributed by atoms with van der Waals surface area (Å²) in [5, 5.41) is 7.25. The van der Waals surface area contributed by atoms with Gasteiger partial charge in [0.15, 0.2) is 0 Å². The Balaban J connectivity index is 1.93. The average molecular weight is 308 g/mol. The van der Waals surface area contributed by atoms with Crippen molar-refractivity contribution < 1.29 is 14.3 Å². The van der Waals surface area contributed by atoms with Gasteiger partial charge in [-0.15, -0.1) is 0 Å². The highest BCUT2D eigenvalue weighted by molar-refractivity contribution is 6.30. The SMILES string of the molecule is CCOC(=O)c1cnn(CC(=O)Nc2ccc(Cl)cc2)c1. The molecule has 7 heteroatoms. The van der Waals surface area contributed by atoms with E-state index in [-0.39, 0.29) is 12.5 Å². The number of hydrogen-bond donors (Lipinski definition) is 1. The van der Waals surface area contributed by atoms with E-state index in [9.17, 15) is 9.59 Å². The molecule has 0 fully saturated rings. The third-order valence-electron chi connectivity index (χ3n) is 2.58. The maximum Gasteiger partial charge on any atom is 0.341 e. The zero-order valence-electron chi connectivity index (χ0n) is 11.4. The first-order valence-corrected chi connectivity index (χ1v) is 6.71. The number of rotatable bonds is 5. The van der Waals surface area contributed by atoms with Crippen LogP contribution in [-0.2, 0) is 16.1 Å². The molecule has 0 saturated heterocycles. The Bertz CT molecular complexity index is 637. The normalized spacial score (nSPS) is 10.2. The van der Waals surface area contributed by atoms with Gasteiger partial charge in [-0.05, 0) is 31.2 Å². The number of nitrogens with zero attached hydrogens (tertiary/aromatic N) is 2. The highest BCUT2D eigenvalue weighted by Gasteiger charge is 2.11. The lowest BCUT2D eigenvalue weighted by atomic mass is 10.3. The molecule has 1 aromatic heterocycles. The van der Waals surface area contributed by atoms with Gasteiger partial charge in [-0.1, -0.05) is 11.6 Å². The summed E-state index contributed by atoms with van der Waals surface area (Å²) < 4.78 is 6.22. The van der Waals surface area contributed by atoms with Crippen LogP contribution in [0.1, 0.15) is 17.3 Å². The minimum Gasteiger partial charge on any atom is -0.462 e. The number of benzene rings is 1. The summed E-state index contributed by atoms with van der Waals surface area (Å²) in [6, 6.07) is 6.77. The largest absolute Gasteiger partial charge is 0.462 e. The number of halogens is 1. The molecule has 6 nitrogen and oxygen atoms in total. The van der Waals surface area contributed by atoms with E-state index in [2.05, 4.69) is 10.4 Å². The van der Waals surface area contributed by atoms with Crippen molar-refractivity contribution in [1.82, 2.24) is 9.78 Å². The summed E-state index contributed by atoms with van der Waals surface area (Å²) >= 11 is 5.77. The van der Waals surface area contributed by atoms with Gasteiger partial charge in [0.25, 0.3) is 0 Å². The molecule has 0 bridgehead atoms. The topological polar surface area (TPSA) is 73.2 Å². The van der Waals surface area contributed by atoms with Crippen molar-refractivity contribution in [2.24, 2.45) is 0 Å². The zero-order valence-corrected chi connectivity index (χ0v) is 12.1. The molecule has 0 spiro atoms. The molecule has 0 aliphatic carbocycles. The molecule has 1 N–H and O–H groups in total. The van der Waals surface area contributed by atoms with Gasteiger partial charge >= 0.3 is 5.97 Å². The van der Waals surface area contributed by atoms with Crippen LogP contribution in [0.4, 0.5) is 5.69 Å². The van der Waals surface area contributed by atoms with Crippen LogP contribution in [0.15, 0.2) is 36.7 Å². The second-order valence-corrected chi connectivity index (χ2v) is 4.64. The maximum absolute atomic E-state index is 11.9. The summed E-state index contributed by atoms with van der Waals surface area (Å²) in [5.41, 5.74) is 0.957. The summed E-state index contributed by atoms with van der Waals surface area (Å²) in [5.74, 6) is -0.710. The Morgan fingerprint density at radius 2 is 2.05 bits per heavy atom. The Kier molecular flexibility index (Phi) is 4.94. The summed E-state index contributed by atoms with van der Waals surface area (Å²) in [7, 11) is 0. The monoisotopic (exact) mass is 307 g/mol. The van der Waals surface area contributed by atoms with Gasteiger partial charge in [-0.3, -0.25) is 9.48 Å². The maximum atomic E-state index is 11.9. The van der Waals surface area contributed by atoms with E-state index in [1.54, 1.807) is 31.2 Å². The van der Waals surface area contributed by atoms with Gasteiger partial charge in [0, 0.05) is 16.9 Å². The molecule has 1 heterocycles. The number of aromatic nitrogens is 2. The molecule has 2 rings (SSSR count). The van der Waals surface area contributed by atoms with E-state index in [0.29, 0.717) is 22.9 Å². The highest BCUT2D eigenvalue weighted by Crippen LogP contribution is 2.13. The van der Waals surface area contributed by atoms with E-state index >= 15 is 0 Å². The summed E-state index contributed by atoms with van der Waals surface area (Å²) in [4.78, 5) is 23.3. The quantitative estimate of drug-likeness (QED) is 0.861. The van der Waals surface area contributed by atoms with E-state index in [1.807, 2.05) is 0 Å². The fourth-order valence-corrected chi connectivity index (χ4v) is 1.78. The average Bonchev–Trinajstić information content (AvgIpc) is 2.90. The van der Waals surface area contributed by atoms with Crippen molar-refractivity contribution in [3.8, 4) is 0 Å². The minimum atomic E-state index is -0.457. The van der Waals surface area contributed by atoms with Crippen LogP contribution in [-0.4, -0.2) is 28.3 Å². The molecule has 21 heavy (non-hydrogen) atoms. The fraction of sp³-hybridized carbons (Fsp3) is 0.214. The lowest BCUT2D eigenvalue weighted by molar-refractivity contribution is -0.116. The molecular formula is C14H14ClN3O3. The smallest absolute Gasteiger partial charge is 0.341 e. The van der Waals surface area contributed by atoms with Crippen LogP contribution in [0.25, 0.3) is 0 Å². The van der Waals surface area contributed by atoms with Gasteiger partial charge in [0.1, 0.15) is 6.54 Å². The van der Waals surface area contributed by atoms with Crippen LogP contribution in [0.5, 0.6) is 0 Å². The molecule has 0 radical (unpaired) electrons. The Labute approximate surface area is 126 Å². The van der Waals surface area contributed by atoms with E-state index in [1.165, 1.54) is 17.1 Å². The number of esters is 1. The van der Waals surface area contributed by atoms with Crippen LogP contribution in [0, 0.1) is 0 Å². The predicted molar refractivity (Wildman–Crippen MR) is 78.3 cm³/mol. The molecule has 0 saturated carbocycles. The number of amides is 1. The summed E-state index contributed by atoms with van der Waals surface area (Å²) in [6.45, 7) is 2.02. The summed E-state index contributed by atoms with van der Waals surface area (Å²) in [6.07, 6.45) is 2.84. The number of anilines is 1. The van der Waals surface area contributed by atoms with Crippen LogP contribution in [0.2, 0.25) is 5.02 Å². The van der Waals surface area contributed by atoms with E-state index < -0.39 is 5.97 Å². The number of carbonyl (C=O) groups is 2. The van der Waals surface area contributed by atoms with Crippen molar-refractivity contribution in [2.45, 2.75) is 13.5 Å². The third-order valence-corrected chi connectivity index (χ3v) is 2.83. The van der Waals surface area contributed by atoms with E-state index in [4.69, 9.17) is 16.3 Å². The van der Waals surface area contributed by atoms with Gasteiger partial charge in [-0.2, -0.15) is 5.10 Å². The molecule has 0 atom stereocenters. The van der Waals surface area contributed by atoms with E-state index in [0.717, 1.165) is 0 Å². The molecule has 0 unspecified atom stereocenters. The second kappa shape index (κ2) is 6.90. The fourth-order valence-electron chi connectivity index (χ4n) is 1.65. The third kappa shape index (κ3) is 4.32. The van der Waals surface area contributed by atoms with Gasteiger partial charge in [0.2, 0.25) is 5.91 Å². The molecule has 0 aliphatic heterocycles. The molecular weight excluding hydrogens is 294 g/mol. The molecule has 0 aliphatic rings. The zero-order chi connectivity index (χ0) is 15.2. The first-order chi connectivity index (χ1) is 10.1. The molecule has 1 amide bonds. The van der Waals surface area contributed by atoms with Crippen LogP contribution in [0.3, 0.4) is 0 Å². The first-order valence-electron chi connectivity index (χ1n) is 6.33. The Morgan fingerprint density at radius 3 is 2.71 bits per heavy atom. The van der Waals surface area contributed by atoms with Crippen molar-refractivity contribution in [2.75, 3.05) is 11.9 Å². The lowest BCUT2D eigenvalue weighted by Crippen LogP contribution is -2.19.